The lowest BCUT2D eigenvalue weighted by Gasteiger charge is -2.12. The van der Waals surface area contributed by atoms with Gasteiger partial charge < -0.3 is 24.8 Å². The number of hydrogen-bond donors (Lipinski definition) is 3. The van der Waals surface area contributed by atoms with Gasteiger partial charge in [0.1, 0.15) is 12.4 Å². The third-order valence-electron chi connectivity index (χ3n) is 4.82. The maximum Gasteiger partial charge on any atom is 0.329 e. The minimum atomic E-state index is -0.944. The summed E-state index contributed by atoms with van der Waals surface area (Å²) >= 11 is 3.35. The van der Waals surface area contributed by atoms with Crippen LogP contribution in [0, 0.1) is 0 Å². The zero-order valence-electron chi connectivity index (χ0n) is 21.1. The fourth-order valence-electron chi connectivity index (χ4n) is 3.06. The predicted octanol–water partition coefficient (Wildman–Crippen LogP) is 4.52. The molecule has 0 aliphatic rings. The Bertz CT molecular complexity index is 1330. The van der Waals surface area contributed by atoms with Gasteiger partial charge in [-0.05, 0) is 79.2 Å². The van der Waals surface area contributed by atoms with E-state index in [0.717, 1.165) is 4.47 Å². The van der Waals surface area contributed by atoms with Crippen molar-refractivity contribution >= 4 is 51.2 Å². The standard InChI is InChI=1S/C28H27BrN4O6/c1-3-15-38-23-12-10-22(11-13-23)32-27(35)28(36)33-30-17-19-5-14-24(25(16-19)37-4-2)39-18-26(34)31-21-8-6-20(29)7-9-21/h3,5-14,16-17H,1,4,15,18H2,2H3,(H,31,34)(H,32,35)(H,33,36)/b30-17-. The number of nitrogens with one attached hydrogen (secondary N) is 3. The fraction of sp³-hybridized carbons (Fsp3) is 0.143. The van der Waals surface area contributed by atoms with Crippen LogP contribution in [-0.4, -0.2) is 43.8 Å². The highest BCUT2D eigenvalue weighted by molar-refractivity contribution is 9.10. The molecule has 0 unspecified atom stereocenters. The maximum atomic E-state index is 12.2. The predicted molar refractivity (Wildman–Crippen MR) is 152 cm³/mol. The van der Waals surface area contributed by atoms with E-state index in [4.69, 9.17) is 14.2 Å². The monoisotopic (exact) mass is 594 g/mol. The summed E-state index contributed by atoms with van der Waals surface area (Å²) in [5.41, 5.74) is 3.82. The summed E-state index contributed by atoms with van der Waals surface area (Å²) in [6.07, 6.45) is 2.97. The SMILES string of the molecule is C=CCOc1ccc(NC(=O)C(=O)N/N=C\c2ccc(OCC(=O)Nc3ccc(Br)cc3)c(OCC)c2)cc1. The van der Waals surface area contributed by atoms with Gasteiger partial charge in [-0.1, -0.05) is 28.6 Å². The number of ether oxygens (including phenoxy) is 3. The lowest BCUT2D eigenvalue weighted by Crippen LogP contribution is -2.32. The molecule has 0 aliphatic carbocycles. The Hall–Kier alpha value is -4.64. The highest BCUT2D eigenvalue weighted by Crippen LogP contribution is 2.28. The summed E-state index contributed by atoms with van der Waals surface area (Å²) in [6.45, 7) is 5.88. The number of amides is 3. The molecule has 202 valence electrons. The third kappa shape index (κ3) is 9.63. The van der Waals surface area contributed by atoms with Crippen LogP contribution in [0.3, 0.4) is 0 Å². The number of rotatable bonds is 12. The molecule has 3 amide bonds. The van der Waals surface area contributed by atoms with E-state index in [2.05, 4.69) is 43.7 Å². The Morgan fingerprint density at radius 1 is 0.872 bits per heavy atom. The Morgan fingerprint density at radius 2 is 1.56 bits per heavy atom. The van der Waals surface area contributed by atoms with Crippen LogP contribution in [-0.2, 0) is 14.4 Å². The molecule has 0 bridgehead atoms. The van der Waals surface area contributed by atoms with Crippen LogP contribution in [0.4, 0.5) is 11.4 Å². The summed E-state index contributed by atoms with van der Waals surface area (Å²) < 4.78 is 17.5. The number of nitrogens with zero attached hydrogens (tertiary/aromatic N) is 1. The van der Waals surface area contributed by atoms with Crippen LogP contribution < -0.4 is 30.3 Å². The van der Waals surface area contributed by atoms with Gasteiger partial charge in [-0.25, -0.2) is 5.43 Å². The second-order valence-electron chi connectivity index (χ2n) is 7.76. The minimum absolute atomic E-state index is 0.223. The molecule has 3 N–H and O–H groups in total. The summed E-state index contributed by atoms with van der Waals surface area (Å²) in [4.78, 5) is 36.5. The first-order valence-electron chi connectivity index (χ1n) is 11.8. The molecule has 0 saturated heterocycles. The van der Waals surface area contributed by atoms with Gasteiger partial charge in [0.25, 0.3) is 5.91 Å². The second-order valence-corrected chi connectivity index (χ2v) is 8.68. The van der Waals surface area contributed by atoms with E-state index in [1.165, 1.54) is 6.21 Å². The topological polar surface area (TPSA) is 127 Å². The maximum absolute atomic E-state index is 12.2. The number of carbonyl (C=O) groups excluding carboxylic acids is 3. The average Bonchev–Trinajstić information content (AvgIpc) is 2.93. The fourth-order valence-corrected chi connectivity index (χ4v) is 3.32. The lowest BCUT2D eigenvalue weighted by molar-refractivity contribution is -0.136. The quantitative estimate of drug-likeness (QED) is 0.122. The smallest absolute Gasteiger partial charge is 0.329 e. The molecule has 3 aromatic carbocycles. The van der Waals surface area contributed by atoms with Crippen molar-refractivity contribution in [2.24, 2.45) is 5.10 Å². The average molecular weight is 595 g/mol. The van der Waals surface area contributed by atoms with E-state index in [1.807, 2.05) is 19.1 Å². The van der Waals surface area contributed by atoms with Crippen LogP contribution in [0.25, 0.3) is 0 Å². The summed E-state index contributed by atoms with van der Waals surface area (Å²) in [5, 5.41) is 9.05. The molecule has 11 heteroatoms. The summed E-state index contributed by atoms with van der Waals surface area (Å²) in [7, 11) is 0. The minimum Gasteiger partial charge on any atom is -0.490 e. The molecule has 0 atom stereocenters. The van der Waals surface area contributed by atoms with Gasteiger partial charge in [-0.2, -0.15) is 5.10 Å². The summed E-state index contributed by atoms with van der Waals surface area (Å²) in [6, 6.07) is 18.6. The van der Waals surface area contributed by atoms with Gasteiger partial charge in [-0.3, -0.25) is 14.4 Å². The zero-order chi connectivity index (χ0) is 28.0. The number of hydrazone groups is 1. The van der Waals surface area contributed by atoms with Crippen LogP contribution in [0.15, 0.2) is 89.0 Å². The molecule has 0 fully saturated rings. The normalized spacial score (nSPS) is 10.4. The van der Waals surface area contributed by atoms with Crippen molar-refractivity contribution in [2.45, 2.75) is 6.92 Å². The van der Waals surface area contributed by atoms with Crippen LogP contribution >= 0.6 is 15.9 Å². The molecule has 3 rings (SSSR count). The van der Waals surface area contributed by atoms with E-state index in [9.17, 15) is 14.4 Å². The first-order chi connectivity index (χ1) is 18.9. The van der Waals surface area contributed by atoms with E-state index in [1.54, 1.807) is 60.7 Å². The molecular weight excluding hydrogens is 568 g/mol. The molecule has 0 spiro atoms. The van der Waals surface area contributed by atoms with E-state index < -0.39 is 11.8 Å². The number of carbonyl (C=O) groups is 3. The van der Waals surface area contributed by atoms with Crippen molar-refractivity contribution < 1.29 is 28.6 Å². The van der Waals surface area contributed by atoms with Crippen molar-refractivity contribution in [3.05, 3.63) is 89.4 Å². The Labute approximate surface area is 234 Å². The Balaban J connectivity index is 1.52. The van der Waals surface area contributed by atoms with Crippen LogP contribution in [0.2, 0.25) is 0 Å². The molecule has 39 heavy (non-hydrogen) atoms. The molecule has 0 aliphatic heterocycles. The molecule has 10 nitrogen and oxygen atoms in total. The van der Waals surface area contributed by atoms with Crippen molar-refractivity contribution in [2.75, 3.05) is 30.5 Å². The zero-order valence-corrected chi connectivity index (χ0v) is 22.7. The van der Waals surface area contributed by atoms with Crippen LogP contribution in [0.1, 0.15) is 12.5 Å². The lowest BCUT2D eigenvalue weighted by atomic mass is 10.2. The molecule has 0 heterocycles. The van der Waals surface area contributed by atoms with Crippen LogP contribution in [0.5, 0.6) is 17.2 Å². The molecule has 3 aromatic rings. The Morgan fingerprint density at radius 3 is 2.26 bits per heavy atom. The molecular formula is C28H27BrN4O6. The van der Waals surface area contributed by atoms with Gasteiger partial charge in [-0.15, -0.1) is 0 Å². The number of anilines is 2. The van der Waals surface area contributed by atoms with Crippen molar-refractivity contribution in [3.63, 3.8) is 0 Å². The number of hydrogen-bond acceptors (Lipinski definition) is 7. The van der Waals surface area contributed by atoms with E-state index in [-0.39, 0.29) is 12.5 Å². The van der Waals surface area contributed by atoms with Gasteiger partial charge >= 0.3 is 11.8 Å². The third-order valence-corrected chi connectivity index (χ3v) is 5.35. The van der Waals surface area contributed by atoms with Crippen molar-refractivity contribution in [1.82, 2.24) is 5.43 Å². The molecule has 0 radical (unpaired) electrons. The van der Waals surface area contributed by atoms with Crippen molar-refractivity contribution in [3.8, 4) is 17.2 Å². The highest BCUT2D eigenvalue weighted by Gasteiger charge is 2.13. The first kappa shape index (κ1) is 28.9. The number of halogens is 1. The van der Waals surface area contributed by atoms with Gasteiger partial charge in [0.05, 0.1) is 12.8 Å². The van der Waals surface area contributed by atoms with Crippen molar-refractivity contribution in [1.29, 1.82) is 0 Å². The van der Waals surface area contributed by atoms with Gasteiger partial charge in [0.15, 0.2) is 18.1 Å². The molecule has 0 aromatic heterocycles. The first-order valence-corrected chi connectivity index (χ1v) is 12.6. The number of benzene rings is 3. The van der Waals surface area contributed by atoms with Gasteiger partial charge in [0, 0.05) is 15.8 Å². The van der Waals surface area contributed by atoms with E-state index in [0.29, 0.717) is 47.4 Å². The molecule has 0 saturated carbocycles. The second kappa shape index (κ2) is 14.9. The highest BCUT2D eigenvalue weighted by atomic mass is 79.9. The Kier molecular flexibility index (Phi) is 11.1. The van der Waals surface area contributed by atoms with E-state index >= 15 is 0 Å². The van der Waals surface area contributed by atoms with Gasteiger partial charge in [0.2, 0.25) is 0 Å². The largest absolute Gasteiger partial charge is 0.490 e. The summed E-state index contributed by atoms with van der Waals surface area (Å²) in [5.74, 6) is -0.795.